The highest BCUT2D eigenvalue weighted by Gasteiger charge is 2.34. The lowest BCUT2D eigenvalue weighted by atomic mass is 9.95. The van der Waals surface area contributed by atoms with Gasteiger partial charge in [-0.1, -0.05) is 48.5 Å². The van der Waals surface area contributed by atoms with Crippen molar-refractivity contribution in [3.8, 4) is 0 Å². The van der Waals surface area contributed by atoms with Crippen LogP contribution in [0, 0.1) is 0 Å². The number of carbonyl (C=O) groups is 3. The molecule has 0 saturated carbocycles. The number of aromatic amines is 1. The van der Waals surface area contributed by atoms with Gasteiger partial charge in [-0.2, -0.15) is 0 Å². The van der Waals surface area contributed by atoms with E-state index in [1.165, 1.54) is 0 Å². The van der Waals surface area contributed by atoms with Gasteiger partial charge in [-0.05, 0) is 18.6 Å². The molecule has 2 amide bonds. The zero-order chi connectivity index (χ0) is 21.8. The minimum atomic E-state index is -0.726. The van der Waals surface area contributed by atoms with Crippen molar-refractivity contribution in [1.29, 1.82) is 0 Å². The molecule has 0 aliphatic carbocycles. The molecule has 31 heavy (non-hydrogen) atoms. The molecule has 3 N–H and O–H groups in total. The zero-order valence-corrected chi connectivity index (χ0v) is 16.8. The fourth-order valence-corrected chi connectivity index (χ4v) is 3.53. The third kappa shape index (κ3) is 4.13. The van der Waals surface area contributed by atoms with Crippen LogP contribution in [0.1, 0.15) is 28.9 Å². The second kappa shape index (κ2) is 8.74. The molecule has 4 rings (SSSR count). The third-order valence-electron chi connectivity index (χ3n) is 4.94. The van der Waals surface area contributed by atoms with Gasteiger partial charge in [0, 0.05) is 17.1 Å². The molecule has 0 fully saturated rings. The van der Waals surface area contributed by atoms with Gasteiger partial charge in [0.25, 0.3) is 0 Å². The Morgan fingerprint density at radius 3 is 2.48 bits per heavy atom. The van der Waals surface area contributed by atoms with Crippen LogP contribution in [-0.2, 0) is 14.3 Å². The smallest absolute Gasteiger partial charge is 0.340 e. The molecule has 0 radical (unpaired) electrons. The Morgan fingerprint density at radius 2 is 1.71 bits per heavy atom. The van der Waals surface area contributed by atoms with Crippen LogP contribution < -0.4 is 10.6 Å². The van der Waals surface area contributed by atoms with Crippen molar-refractivity contribution >= 4 is 28.9 Å². The summed E-state index contributed by atoms with van der Waals surface area (Å²) in [6, 6.07) is 15.2. The lowest BCUT2D eigenvalue weighted by Crippen LogP contribution is -2.47. The number of para-hydroxylation sites is 1. The van der Waals surface area contributed by atoms with Crippen LogP contribution >= 0.6 is 0 Å². The van der Waals surface area contributed by atoms with E-state index < -0.39 is 24.0 Å². The number of fused-ring (bicyclic) bond motifs is 1. The Balaban J connectivity index is 1.64. The summed E-state index contributed by atoms with van der Waals surface area (Å²) in [4.78, 5) is 40.7. The second-order valence-corrected chi connectivity index (χ2v) is 6.88. The molecule has 158 valence electrons. The van der Waals surface area contributed by atoms with E-state index >= 15 is 0 Å². The van der Waals surface area contributed by atoms with E-state index in [1.54, 1.807) is 25.3 Å². The number of hydrogen-bond acceptors (Lipinski definition) is 5. The number of amides is 2. The minimum absolute atomic E-state index is 0.167. The minimum Gasteiger partial charge on any atom is -0.463 e. The average molecular weight is 419 g/mol. The monoisotopic (exact) mass is 419 g/mol. The number of benzene rings is 2. The van der Waals surface area contributed by atoms with Crippen LogP contribution in [0.15, 0.2) is 72.1 Å². The quantitative estimate of drug-likeness (QED) is 0.532. The van der Waals surface area contributed by atoms with E-state index in [9.17, 15) is 14.4 Å². The number of aromatic nitrogens is 1. The predicted octanol–water partition coefficient (Wildman–Crippen LogP) is 3.20. The summed E-state index contributed by atoms with van der Waals surface area (Å²) in [5.41, 5.74) is 2.26. The Morgan fingerprint density at radius 1 is 0.968 bits per heavy atom. The lowest BCUT2D eigenvalue weighted by Gasteiger charge is -2.29. The first-order valence-electron chi connectivity index (χ1n) is 9.84. The van der Waals surface area contributed by atoms with Crippen LogP contribution in [-0.4, -0.2) is 36.2 Å². The molecule has 8 nitrogen and oxygen atoms in total. The molecule has 0 spiro atoms. The number of hydrogen-bond donors (Lipinski definition) is 3. The van der Waals surface area contributed by atoms with Crippen molar-refractivity contribution < 1.29 is 23.9 Å². The maximum atomic E-state index is 12.7. The number of esters is 2. The number of ether oxygens (including phenoxy) is 2. The molecule has 2 aromatic carbocycles. The summed E-state index contributed by atoms with van der Waals surface area (Å²) in [7, 11) is 0. The number of H-pyrrole nitrogens is 1. The topological polar surface area (TPSA) is 110 Å². The van der Waals surface area contributed by atoms with Gasteiger partial charge in [-0.3, -0.25) is 0 Å². The molecule has 1 atom stereocenters. The van der Waals surface area contributed by atoms with Gasteiger partial charge in [0.05, 0.1) is 29.5 Å². The predicted molar refractivity (Wildman–Crippen MR) is 113 cm³/mol. The number of nitrogens with one attached hydrogen (secondary N) is 3. The molecule has 2 heterocycles. The van der Waals surface area contributed by atoms with Crippen LogP contribution in [0.25, 0.3) is 10.9 Å². The first kappa shape index (κ1) is 20.2. The molecule has 1 aromatic heterocycles. The van der Waals surface area contributed by atoms with Crippen LogP contribution in [0.5, 0.6) is 0 Å². The van der Waals surface area contributed by atoms with Gasteiger partial charge >= 0.3 is 18.0 Å². The molecule has 1 aliphatic rings. The van der Waals surface area contributed by atoms with Crippen molar-refractivity contribution in [2.24, 2.45) is 0 Å². The summed E-state index contributed by atoms with van der Waals surface area (Å²) in [6.07, 6.45) is 1.57. The van der Waals surface area contributed by atoms with Crippen LogP contribution in [0.3, 0.4) is 0 Å². The molecular formula is C23H21N3O5. The molecule has 1 aliphatic heterocycles. The second-order valence-electron chi connectivity index (χ2n) is 6.88. The summed E-state index contributed by atoms with van der Waals surface area (Å²) >= 11 is 0. The normalized spacial score (nSPS) is 15.9. The van der Waals surface area contributed by atoms with Gasteiger partial charge in [0.1, 0.15) is 6.61 Å². The number of urea groups is 1. The van der Waals surface area contributed by atoms with E-state index in [2.05, 4.69) is 15.6 Å². The van der Waals surface area contributed by atoms with Gasteiger partial charge in [-0.15, -0.1) is 0 Å². The van der Waals surface area contributed by atoms with Crippen molar-refractivity contribution in [2.45, 2.75) is 13.0 Å². The molecule has 0 unspecified atom stereocenters. The first-order valence-corrected chi connectivity index (χ1v) is 9.84. The van der Waals surface area contributed by atoms with Crippen molar-refractivity contribution in [3.63, 3.8) is 0 Å². The summed E-state index contributed by atoms with van der Waals surface area (Å²) < 4.78 is 10.7. The summed E-state index contributed by atoms with van der Waals surface area (Å²) in [5, 5.41) is 6.05. The Kier molecular flexibility index (Phi) is 5.70. The SMILES string of the molecule is CCOC(=O)C1=C(COC(=O)c2c[nH]c3ccccc23)NC(=O)N[C@@H]1c1ccccc1. The first-order chi connectivity index (χ1) is 15.1. The largest absolute Gasteiger partial charge is 0.463 e. The number of carbonyl (C=O) groups excluding carboxylic acids is 3. The van der Waals surface area contributed by atoms with Gasteiger partial charge in [-0.25, -0.2) is 14.4 Å². The lowest BCUT2D eigenvalue weighted by molar-refractivity contribution is -0.139. The fourth-order valence-electron chi connectivity index (χ4n) is 3.53. The molecule has 8 heteroatoms. The van der Waals surface area contributed by atoms with Crippen LogP contribution in [0.4, 0.5) is 4.79 Å². The van der Waals surface area contributed by atoms with E-state index in [-0.39, 0.29) is 24.5 Å². The highest BCUT2D eigenvalue weighted by atomic mass is 16.5. The molecule has 3 aromatic rings. The maximum Gasteiger partial charge on any atom is 0.340 e. The highest BCUT2D eigenvalue weighted by molar-refractivity contribution is 6.04. The van der Waals surface area contributed by atoms with E-state index in [1.807, 2.05) is 42.5 Å². The van der Waals surface area contributed by atoms with Crippen molar-refractivity contribution in [1.82, 2.24) is 15.6 Å². The van der Waals surface area contributed by atoms with Crippen LogP contribution in [0.2, 0.25) is 0 Å². The molecular weight excluding hydrogens is 398 g/mol. The zero-order valence-electron chi connectivity index (χ0n) is 16.8. The summed E-state index contributed by atoms with van der Waals surface area (Å²) in [5.74, 6) is -1.17. The Bertz CT molecular complexity index is 1170. The fraction of sp³-hybridized carbons (Fsp3) is 0.174. The van der Waals surface area contributed by atoms with Gasteiger partial charge in [0.2, 0.25) is 0 Å². The highest BCUT2D eigenvalue weighted by Crippen LogP contribution is 2.28. The maximum absolute atomic E-state index is 12.7. The average Bonchev–Trinajstić information content (AvgIpc) is 3.22. The van der Waals surface area contributed by atoms with E-state index in [4.69, 9.17) is 9.47 Å². The van der Waals surface area contributed by atoms with E-state index in [0.717, 1.165) is 10.9 Å². The summed E-state index contributed by atoms with van der Waals surface area (Å²) in [6.45, 7) is 1.57. The standard InChI is InChI=1S/C23H21N3O5/c1-2-30-22(28)19-18(25-23(29)26-20(19)14-8-4-3-5-9-14)13-31-21(27)16-12-24-17-11-7-6-10-15(16)17/h3-12,20,24H,2,13H2,1H3,(H2,25,26,29)/t20-/m1/s1. The number of rotatable bonds is 6. The van der Waals surface area contributed by atoms with E-state index in [0.29, 0.717) is 11.1 Å². The molecule has 0 bridgehead atoms. The Labute approximate surface area is 178 Å². The van der Waals surface area contributed by atoms with Gasteiger partial charge in [0.15, 0.2) is 0 Å². The third-order valence-corrected chi connectivity index (χ3v) is 4.94. The molecule has 0 saturated heterocycles. The van der Waals surface area contributed by atoms with Crippen molar-refractivity contribution in [2.75, 3.05) is 13.2 Å². The Hall–Kier alpha value is -4.07. The van der Waals surface area contributed by atoms with Gasteiger partial charge < -0.3 is 25.1 Å². The van der Waals surface area contributed by atoms with Crippen molar-refractivity contribution in [3.05, 3.63) is 83.2 Å².